The summed E-state index contributed by atoms with van der Waals surface area (Å²) in [7, 11) is 0. The van der Waals surface area contributed by atoms with Gasteiger partial charge in [-0.05, 0) is 12.5 Å². The van der Waals surface area contributed by atoms with Crippen molar-refractivity contribution in [3.05, 3.63) is 0 Å². The van der Waals surface area contributed by atoms with Gasteiger partial charge in [-0.25, -0.2) is 0 Å². The number of nitrogens with zero attached hydrogens (tertiary/aromatic N) is 2. The molecule has 0 saturated carbocycles. The van der Waals surface area contributed by atoms with Gasteiger partial charge < -0.3 is 0 Å². The van der Waals surface area contributed by atoms with Crippen LogP contribution in [0.4, 0.5) is 0 Å². The monoisotopic (exact) mass is 172 g/mol. The number of rotatable bonds is 3. The van der Waals surface area contributed by atoms with Gasteiger partial charge in [-0.15, -0.1) is 23.5 Å². The van der Waals surface area contributed by atoms with Crippen LogP contribution in [0.3, 0.4) is 0 Å². The second kappa shape index (κ2) is 5.46. The summed E-state index contributed by atoms with van der Waals surface area (Å²) in [5.74, 6) is -0.481. The van der Waals surface area contributed by atoms with Crippen molar-refractivity contribution >= 4 is 23.5 Å². The third kappa shape index (κ3) is 2.51. The minimum absolute atomic E-state index is 0.0926. The zero-order valence-corrected chi connectivity index (χ0v) is 7.50. The zero-order valence-electron chi connectivity index (χ0n) is 5.87. The van der Waals surface area contributed by atoms with Crippen LogP contribution in [0.2, 0.25) is 0 Å². The highest BCUT2D eigenvalue weighted by molar-refractivity contribution is 8.16. The standard InChI is InChI=1S/C6H8N2S2/c1-9-6(10-2)5(3-7)4-8/h5-6H,1-2H3. The van der Waals surface area contributed by atoms with Gasteiger partial charge in [0, 0.05) is 0 Å². The quantitative estimate of drug-likeness (QED) is 0.608. The summed E-state index contributed by atoms with van der Waals surface area (Å²) in [6.07, 6.45) is 3.81. The lowest BCUT2D eigenvalue weighted by Crippen LogP contribution is -2.08. The van der Waals surface area contributed by atoms with Gasteiger partial charge in [0.15, 0.2) is 5.92 Å². The lowest BCUT2D eigenvalue weighted by Gasteiger charge is -2.09. The van der Waals surface area contributed by atoms with Crippen molar-refractivity contribution in [3.8, 4) is 12.1 Å². The molecule has 0 aromatic rings. The molecule has 4 heteroatoms. The van der Waals surface area contributed by atoms with Crippen molar-refractivity contribution in [1.82, 2.24) is 0 Å². The molecule has 0 bridgehead atoms. The Morgan fingerprint density at radius 3 is 1.60 bits per heavy atom. The van der Waals surface area contributed by atoms with Crippen LogP contribution in [0.1, 0.15) is 0 Å². The normalized spacial score (nSPS) is 9.40. The van der Waals surface area contributed by atoms with Gasteiger partial charge in [0.1, 0.15) is 0 Å². The molecule has 0 amide bonds. The Bertz CT molecular complexity index is 150. The van der Waals surface area contributed by atoms with E-state index in [4.69, 9.17) is 10.5 Å². The molecule has 54 valence electrons. The molecule has 0 aromatic carbocycles. The fraction of sp³-hybridized carbons (Fsp3) is 0.667. The van der Waals surface area contributed by atoms with Crippen molar-refractivity contribution < 1.29 is 0 Å². The van der Waals surface area contributed by atoms with Crippen LogP contribution >= 0.6 is 23.5 Å². The first kappa shape index (κ1) is 9.68. The van der Waals surface area contributed by atoms with Gasteiger partial charge in [-0.2, -0.15) is 10.5 Å². The molecule has 0 atom stereocenters. The third-order valence-electron chi connectivity index (χ3n) is 1.01. The van der Waals surface area contributed by atoms with Crippen LogP contribution in [-0.4, -0.2) is 17.1 Å². The summed E-state index contributed by atoms with van der Waals surface area (Å²) in [4.78, 5) is 0. The van der Waals surface area contributed by atoms with Crippen LogP contribution in [-0.2, 0) is 0 Å². The lowest BCUT2D eigenvalue weighted by atomic mass is 10.2. The fourth-order valence-corrected chi connectivity index (χ4v) is 2.08. The van der Waals surface area contributed by atoms with Crippen LogP contribution in [0.15, 0.2) is 0 Å². The predicted octanol–water partition coefficient (Wildman–Crippen LogP) is 1.70. The number of hydrogen-bond donors (Lipinski definition) is 0. The van der Waals surface area contributed by atoms with Crippen molar-refractivity contribution in [2.75, 3.05) is 12.5 Å². The third-order valence-corrected chi connectivity index (χ3v) is 3.64. The first-order chi connectivity index (χ1) is 4.79. The molecule has 0 aliphatic heterocycles. The van der Waals surface area contributed by atoms with Crippen molar-refractivity contribution in [3.63, 3.8) is 0 Å². The fourth-order valence-electron chi connectivity index (χ4n) is 0.519. The molecule has 0 saturated heterocycles. The van der Waals surface area contributed by atoms with Crippen LogP contribution in [0, 0.1) is 28.6 Å². The average molecular weight is 172 g/mol. The maximum atomic E-state index is 8.46. The van der Waals surface area contributed by atoms with E-state index in [9.17, 15) is 0 Å². The summed E-state index contributed by atoms with van der Waals surface area (Å²) in [6.45, 7) is 0. The maximum absolute atomic E-state index is 8.46. The largest absolute Gasteiger partial charge is 0.197 e. The highest BCUT2D eigenvalue weighted by Gasteiger charge is 2.17. The Balaban J connectivity index is 4.02. The molecule has 0 unspecified atom stereocenters. The molecule has 0 fully saturated rings. The smallest absolute Gasteiger partial charge is 0.154 e. The highest BCUT2D eigenvalue weighted by atomic mass is 32.2. The van der Waals surface area contributed by atoms with E-state index in [1.165, 1.54) is 0 Å². The Morgan fingerprint density at radius 1 is 1.10 bits per heavy atom. The van der Waals surface area contributed by atoms with Crippen LogP contribution < -0.4 is 0 Å². The van der Waals surface area contributed by atoms with E-state index in [0.717, 1.165) is 0 Å². The van der Waals surface area contributed by atoms with Gasteiger partial charge in [0.2, 0.25) is 0 Å². The first-order valence-corrected chi connectivity index (χ1v) is 5.22. The second-order valence-corrected chi connectivity index (χ2v) is 3.83. The Kier molecular flexibility index (Phi) is 5.29. The molecule has 0 aromatic heterocycles. The maximum Gasteiger partial charge on any atom is 0.154 e. The van der Waals surface area contributed by atoms with Gasteiger partial charge in [-0.1, -0.05) is 0 Å². The van der Waals surface area contributed by atoms with Crippen molar-refractivity contribution in [2.45, 2.75) is 4.58 Å². The molecular weight excluding hydrogens is 164 g/mol. The van der Waals surface area contributed by atoms with Gasteiger partial charge >= 0.3 is 0 Å². The topological polar surface area (TPSA) is 47.6 Å². The molecule has 0 N–H and O–H groups in total. The molecule has 0 aliphatic carbocycles. The summed E-state index contributed by atoms with van der Waals surface area (Å²) in [6, 6.07) is 3.90. The molecule has 0 radical (unpaired) electrons. The summed E-state index contributed by atoms with van der Waals surface area (Å²) in [5.41, 5.74) is 0. The summed E-state index contributed by atoms with van der Waals surface area (Å²) < 4.78 is 0.0926. The van der Waals surface area contributed by atoms with Gasteiger partial charge in [0.05, 0.1) is 16.7 Å². The molecule has 2 nitrogen and oxygen atoms in total. The number of nitriles is 2. The Morgan fingerprint density at radius 2 is 1.50 bits per heavy atom. The SMILES string of the molecule is CSC(SC)C(C#N)C#N. The van der Waals surface area contributed by atoms with Crippen molar-refractivity contribution in [1.29, 1.82) is 10.5 Å². The minimum Gasteiger partial charge on any atom is -0.197 e. The second-order valence-electron chi connectivity index (χ2n) is 1.58. The predicted molar refractivity (Wildman–Crippen MR) is 45.5 cm³/mol. The zero-order chi connectivity index (χ0) is 7.98. The number of thioether (sulfide) groups is 2. The van der Waals surface area contributed by atoms with E-state index in [0.29, 0.717) is 0 Å². The molecule has 0 rings (SSSR count). The van der Waals surface area contributed by atoms with Gasteiger partial charge in [0.25, 0.3) is 0 Å². The van der Waals surface area contributed by atoms with E-state index in [1.807, 2.05) is 24.6 Å². The van der Waals surface area contributed by atoms with E-state index in [2.05, 4.69) is 0 Å². The van der Waals surface area contributed by atoms with E-state index < -0.39 is 5.92 Å². The van der Waals surface area contributed by atoms with E-state index in [-0.39, 0.29) is 4.58 Å². The molecule has 10 heavy (non-hydrogen) atoms. The van der Waals surface area contributed by atoms with Gasteiger partial charge in [-0.3, -0.25) is 0 Å². The van der Waals surface area contributed by atoms with E-state index >= 15 is 0 Å². The van der Waals surface area contributed by atoms with Crippen LogP contribution in [0.5, 0.6) is 0 Å². The minimum atomic E-state index is -0.481. The van der Waals surface area contributed by atoms with E-state index in [1.54, 1.807) is 23.5 Å². The Hall–Kier alpha value is -0.320. The molecular formula is C6H8N2S2. The molecule has 0 spiro atoms. The lowest BCUT2D eigenvalue weighted by molar-refractivity contribution is 0.949. The van der Waals surface area contributed by atoms with Crippen molar-refractivity contribution in [2.24, 2.45) is 5.92 Å². The highest BCUT2D eigenvalue weighted by Crippen LogP contribution is 2.25. The van der Waals surface area contributed by atoms with Crippen LogP contribution in [0.25, 0.3) is 0 Å². The number of hydrogen-bond acceptors (Lipinski definition) is 4. The first-order valence-electron chi connectivity index (χ1n) is 2.65. The molecule has 0 aliphatic rings. The average Bonchev–Trinajstić information content (AvgIpc) is 2.00. The molecule has 0 heterocycles. The summed E-state index contributed by atoms with van der Waals surface area (Å²) in [5, 5.41) is 16.9. The Labute approximate surface area is 69.6 Å². The summed E-state index contributed by atoms with van der Waals surface area (Å²) >= 11 is 3.09.